The smallest absolute Gasteiger partial charge is 0.229 e. The predicted octanol–water partition coefficient (Wildman–Crippen LogP) is 5.85. The molecule has 2 amide bonds. The lowest BCUT2D eigenvalue weighted by molar-refractivity contribution is -0.123. The molecule has 0 radical (unpaired) electrons. The number of amides is 2. The molecule has 0 bridgehead atoms. The lowest BCUT2D eigenvalue weighted by Crippen LogP contribution is -2.29. The van der Waals surface area contributed by atoms with Crippen molar-refractivity contribution in [3.63, 3.8) is 0 Å². The molecule has 2 aromatic rings. The second kappa shape index (κ2) is 11.9. The molecule has 0 atom stereocenters. The lowest BCUT2D eigenvalue weighted by atomic mass is 9.92. The highest BCUT2D eigenvalue weighted by Gasteiger charge is 2.29. The maximum absolute atomic E-state index is 14.7. The van der Waals surface area contributed by atoms with Gasteiger partial charge in [0.15, 0.2) is 18.4 Å². The van der Waals surface area contributed by atoms with Crippen LogP contribution in [0.1, 0.15) is 79.8 Å². The fourth-order valence-electron chi connectivity index (χ4n) is 3.44. The molecule has 206 valence electrons. The molecule has 2 N–H and O–H groups in total. The van der Waals surface area contributed by atoms with Crippen molar-refractivity contribution < 1.29 is 33.0 Å². The number of methoxy groups -OCH3 is 1. The van der Waals surface area contributed by atoms with Crippen molar-refractivity contribution in [2.75, 3.05) is 24.5 Å². The zero-order valence-electron chi connectivity index (χ0n) is 23.6. The van der Waals surface area contributed by atoms with Crippen LogP contribution < -0.4 is 15.4 Å². The number of aryl methyl sites for hydroxylation is 2. The zero-order chi connectivity index (χ0) is 29.0. The van der Waals surface area contributed by atoms with Crippen LogP contribution >= 0.6 is 0 Å². The quantitative estimate of drug-likeness (QED) is 0.240. The van der Waals surface area contributed by atoms with E-state index in [1.165, 1.54) is 19.2 Å². The van der Waals surface area contributed by atoms with E-state index in [2.05, 4.69) is 10.6 Å². The van der Waals surface area contributed by atoms with Crippen LogP contribution in [0.5, 0.6) is 5.75 Å². The van der Waals surface area contributed by atoms with Crippen molar-refractivity contribution in [1.29, 1.82) is 0 Å². The van der Waals surface area contributed by atoms with E-state index in [1.54, 1.807) is 61.5 Å². The van der Waals surface area contributed by atoms with E-state index in [4.69, 9.17) is 9.47 Å². The van der Waals surface area contributed by atoms with Crippen LogP contribution in [-0.2, 0) is 14.3 Å². The Bertz CT molecular complexity index is 1260. The second-order valence-electron chi connectivity index (χ2n) is 11.3. The first-order valence-electron chi connectivity index (χ1n) is 12.2. The highest BCUT2D eigenvalue weighted by molar-refractivity contribution is 6.18. The summed E-state index contributed by atoms with van der Waals surface area (Å²) in [6.45, 7) is 13.6. The number of ketones is 2. The number of carbonyl (C=O) groups is 4. The summed E-state index contributed by atoms with van der Waals surface area (Å²) < 4.78 is 25.4. The van der Waals surface area contributed by atoms with E-state index in [-0.39, 0.29) is 46.9 Å². The molecule has 0 aromatic heterocycles. The predicted molar refractivity (Wildman–Crippen MR) is 144 cm³/mol. The fourth-order valence-corrected chi connectivity index (χ4v) is 3.44. The van der Waals surface area contributed by atoms with Gasteiger partial charge in [-0.1, -0.05) is 47.6 Å². The highest BCUT2D eigenvalue weighted by Crippen LogP contribution is 2.36. The molecular weight excluding hydrogens is 491 g/mol. The summed E-state index contributed by atoms with van der Waals surface area (Å²) in [4.78, 5) is 51.6. The number of hydrogen-bond acceptors (Lipinski definition) is 6. The van der Waals surface area contributed by atoms with Gasteiger partial charge in [-0.15, -0.1) is 0 Å². The number of hydrogen-bond donors (Lipinski definition) is 2. The minimum Gasteiger partial charge on any atom is -0.466 e. The van der Waals surface area contributed by atoms with Gasteiger partial charge in [-0.3, -0.25) is 19.2 Å². The van der Waals surface area contributed by atoms with Gasteiger partial charge in [-0.25, -0.2) is 4.39 Å². The standard InChI is InChI=1S/C29H37FN2O6/c1-16-12-17(2)25(38-15-37-9)23(24(16)32-27(36)29(6,7)8)22(34)14-21(33)18-10-11-20(19(30)13-18)31-26(35)28(3,4)5/h10-13H,14-15H2,1-9H3,(H,31,35)(H,32,36). The summed E-state index contributed by atoms with van der Waals surface area (Å²) in [7, 11) is 1.43. The first-order chi connectivity index (χ1) is 17.5. The molecule has 0 unspecified atom stereocenters. The Morgan fingerprint density at radius 1 is 0.842 bits per heavy atom. The van der Waals surface area contributed by atoms with Gasteiger partial charge in [0.25, 0.3) is 0 Å². The molecule has 0 aliphatic rings. The van der Waals surface area contributed by atoms with Crippen molar-refractivity contribution in [1.82, 2.24) is 0 Å². The summed E-state index contributed by atoms with van der Waals surface area (Å²) in [5.74, 6) is -2.55. The molecule has 0 spiro atoms. The van der Waals surface area contributed by atoms with Gasteiger partial charge >= 0.3 is 0 Å². The molecule has 0 saturated carbocycles. The number of benzene rings is 2. The minimum atomic E-state index is -0.797. The van der Waals surface area contributed by atoms with Crippen LogP contribution in [0.15, 0.2) is 24.3 Å². The summed E-state index contributed by atoms with van der Waals surface area (Å²) in [6.07, 6.45) is -0.599. The third kappa shape index (κ3) is 7.47. The Morgan fingerprint density at radius 3 is 1.95 bits per heavy atom. The Labute approximate surface area is 223 Å². The lowest BCUT2D eigenvalue weighted by Gasteiger charge is -2.23. The summed E-state index contributed by atoms with van der Waals surface area (Å²) in [6, 6.07) is 5.39. The van der Waals surface area contributed by atoms with Gasteiger partial charge in [0.05, 0.1) is 23.4 Å². The van der Waals surface area contributed by atoms with E-state index in [9.17, 15) is 23.6 Å². The second-order valence-corrected chi connectivity index (χ2v) is 11.3. The topological polar surface area (TPSA) is 111 Å². The first kappa shape index (κ1) is 30.6. The van der Waals surface area contributed by atoms with Crippen molar-refractivity contribution in [2.24, 2.45) is 10.8 Å². The number of rotatable bonds is 9. The number of carbonyl (C=O) groups excluding carboxylic acids is 4. The fraction of sp³-hybridized carbons (Fsp3) is 0.448. The SMILES string of the molecule is COCOc1c(C)cc(C)c(NC(=O)C(C)(C)C)c1C(=O)CC(=O)c1ccc(NC(=O)C(C)(C)C)c(F)c1. The molecular formula is C29H37FN2O6. The third-order valence-electron chi connectivity index (χ3n) is 5.72. The average Bonchev–Trinajstić information content (AvgIpc) is 2.79. The van der Waals surface area contributed by atoms with Crippen LogP contribution in [0.4, 0.5) is 15.8 Å². The molecule has 0 heterocycles. The van der Waals surface area contributed by atoms with Crippen molar-refractivity contribution >= 4 is 34.8 Å². The zero-order valence-corrected chi connectivity index (χ0v) is 23.6. The summed E-state index contributed by atoms with van der Waals surface area (Å²) in [5.41, 5.74) is -0.0613. The summed E-state index contributed by atoms with van der Waals surface area (Å²) >= 11 is 0. The van der Waals surface area contributed by atoms with Crippen LogP contribution in [0.25, 0.3) is 0 Å². The highest BCUT2D eigenvalue weighted by atomic mass is 19.1. The maximum atomic E-state index is 14.7. The van der Waals surface area contributed by atoms with Crippen molar-refractivity contribution in [3.05, 3.63) is 52.3 Å². The van der Waals surface area contributed by atoms with E-state index >= 15 is 0 Å². The van der Waals surface area contributed by atoms with Crippen LogP contribution in [0.2, 0.25) is 0 Å². The monoisotopic (exact) mass is 528 g/mol. The Balaban J connectivity index is 2.44. The van der Waals surface area contributed by atoms with Gasteiger partial charge in [-0.05, 0) is 43.2 Å². The van der Waals surface area contributed by atoms with Gasteiger partial charge in [0.2, 0.25) is 11.8 Å². The molecule has 38 heavy (non-hydrogen) atoms. The normalized spacial score (nSPS) is 11.6. The molecule has 9 heteroatoms. The molecule has 8 nitrogen and oxygen atoms in total. The first-order valence-corrected chi connectivity index (χ1v) is 12.2. The molecule has 0 fully saturated rings. The van der Waals surface area contributed by atoms with Gasteiger partial charge in [0.1, 0.15) is 11.6 Å². The van der Waals surface area contributed by atoms with Gasteiger partial charge < -0.3 is 20.1 Å². The minimum absolute atomic E-state index is 0.0337. The number of halogens is 1. The van der Waals surface area contributed by atoms with Crippen molar-refractivity contribution in [3.8, 4) is 5.75 Å². The van der Waals surface area contributed by atoms with Crippen LogP contribution in [-0.4, -0.2) is 37.3 Å². The van der Waals surface area contributed by atoms with Crippen LogP contribution in [0.3, 0.4) is 0 Å². The van der Waals surface area contributed by atoms with E-state index in [0.29, 0.717) is 11.1 Å². The molecule has 0 aliphatic heterocycles. The van der Waals surface area contributed by atoms with Crippen LogP contribution in [0, 0.1) is 30.5 Å². The molecule has 0 aliphatic carbocycles. The Hall–Kier alpha value is -3.59. The molecule has 2 rings (SSSR count). The number of anilines is 2. The number of nitrogens with one attached hydrogen (secondary N) is 2. The summed E-state index contributed by atoms with van der Waals surface area (Å²) in [5, 5.41) is 5.31. The average molecular weight is 529 g/mol. The van der Waals surface area contributed by atoms with Gasteiger partial charge in [-0.2, -0.15) is 0 Å². The van der Waals surface area contributed by atoms with Crippen molar-refractivity contribution in [2.45, 2.75) is 61.8 Å². The Kier molecular flexibility index (Phi) is 9.56. The van der Waals surface area contributed by atoms with Gasteiger partial charge in [0, 0.05) is 23.5 Å². The largest absolute Gasteiger partial charge is 0.466 e. The molecule has 0 saturated heterocycles. The molecule has 2 aromatic carbocycles. The van der Waals surface area contributed by atoms with E-state index < -0.39 is 34.6 Å². The van der Waals surface area contributed by atoms with E-state index in [0.717, 1.165) is 6.07 Å². The van der Waals surface area contributed by atoms with E-state index in [1.807, 2.05) is 0 Å². The number of Topliss-reactive ketones (excluding diaryl/α,β-unsaturated/α-hetero) is 2. The number of ether oxygens (including phenoxy) is 2. The Morgan fingerprint density at radius 2 is 1.42 bits per heavy atom. The maximum Gasteiger partial charge on any atom is 0.229 e. The third-order valence-corrected chi connectivity index (χ3v) is 5.72.